The molecular formula is C14H20N4. The van der Waals surface area contributed by atoms with Crippen LogP contribution in [0.1, 0.15) is 24.7 Å². The summed E-state index contributed by atoms with van der Waals surface area (Å²) in [6.45, 7) is 6.26. The maximum absolute atomic E-state index is 4.42. The molecule has 0 aromatic carbocycles. The van der Waals surface area contributed by atoms with Gasteiger partial charge in [0.1, 0.15) is 0 Å². The maximum atomic E-state index is 4.42. The minimum absolute atomic E-state index is 0.995. The lowest BCUT2D eigenvalue weighted by Crippen LogP contribution is -2.14. The van der Waals surface area contributed by atoms with Crippen LogP contribution in [0.3, 0.4) is 0 Å². The maximum Gasteiger partial charge on any atom is 0.0703 e. The molecule has 2 aromatic heterocycles. The molecule has 4 heteroatoms. The SMILES string of the molecule is CCNCCCc1n[nH]c(C)c1-c1ccncc1. The summed E-state index contributed by atoms with van der Waals surface area (Å²) in [5.41, 5.74) is 4.69. The van der Waals surface area contributed by atoms with Gasteiger partial charge in [-0.3, -0.25) is 10.1 Å². The van der Waals surface area contributed by atoms with Crippen LogP contribution >= 0.6 is 0 Å². The van der Waals surface area contributed by atoms with E-state index in [-0.39, 0.29) is 0 Å². The third kappa shape index (κ3) is 2.96. The molecule has 0 aliphatic heterocycles. The van der Waals surface area contributed by atoms with E-state index >= 15 is 0 Å². The highest BCUT2D eigenvalue weighted by molar-refractivity contribution is 5.67. The Kier molecular flexibility index (Phi) is 4.47. The van der Waals surface area contributed by atoms with Crippen LogP contribution in [0.2, 0.25) is 0 Å². The van der Waals surface area contributed by atoms with Crippen molar-refractivity contribution in [1.29, 1.82) is 0 Å². The fourth-order valence-corrected chi connectivity index (χ4v) is 2.12. The van der Waals surface area contributed by atoms with Crippen molar-refractivity contribution < 1.29 is 0 Å². The normalized spacial score (nSPS) is 10.8. The second kappa shape index (κ2) is 6.31. The van der Waals surface area contributed by atoms with Gasteiger partial charge in [-0.25, -0.2) is 0 Å². The third-order valence-electron chi connectivity index (χ3n) is 3.01. The van der Waals surface area contributed by atoms with Gasteiger partial charge in [0.2, 0.25) is 0 Å². The summed E-state index contributed by atoms with van der Waals surface area (Å²) >= 11 is 0. The summed E-state index contributed by atoms with van der Waals surface area (Å²) < 4.78 is 0. The number of hydrogen-bond donors (Lipinski definition) is 2. The van der Waals surface area contributed by atoms with Crippen LogP contribution in [0.5, 0.6) is 0 Å². The number of nitrogens with zero attached hydrogens (tertiary/aromatic N) is 2. The lowest BCUT2D eigenvalue weighted by molar-refractivity contribution is 0.666. The second-order valence-electron chi connectivity index (χ2n) is 4.36. The summed E-state index contributed by atoms with van der Waals surface area (Å²) in [7, 11) is 0. The van der Waals surface area contributed by atoms with Crippen molar-refractivity contribution in [3.63, 3.8) is 0 Å². The number of hydrogen-bond acceptors (Lipinski definition) is 3. The number of aromatic nitrogens is 3. The Bertz CT molecular complexity index is 476. The first-order chi connectivity index (χ1) is 8.83. The average molecular weight is 244 g/mol. The van der Waals surface area contributed by atoms with E-state index in [1.165, 1.54) is 11.1 Å². The van der Waals surface area contributed by atoms with Crippen LogP contribution in [0.4, 0.5) is 0 Å². The van der Waals surface area contributed by atoms with Gasteiger partial charge >= 0.3 is 0 Å². The summed E-state index contributed by atoms with van der Waals surface area (Å²) in [5.74, 6) is 0. The van der Waals surface area contributed by atoms with Crippen molar-refractivity contribution in [2.75, 3.05) is 13.1 Å². The van der Waals surface area contributed by atoms with Crippen molar-refractivity contribution >= 4 is 0 Å². The molecule has 0 aliphatic carbocycles. The molecule has 2 heterocycles. The molecule has 0 amide bonds. The van der Waals surface area contributed by atoms with E-state index in [0.717, 1.165) is 37.3 Å². The fraction of sp³-hybridized carbons (Fsp3) is 0.429. The molecule has 0 fully saturated rings. The van der Waals surface area contributed by atoms with Gasteiger partial charge in [-0.1, -0.05) is 6.92 Å². The van der Waals surface area contributed by atoms with E-state index in [9.17, 15) is 0 Å². The molecule has 2 rings (SSSR count). The Morgan fingerprint density at radius 3 is 2.78 bits per heavy atom. The van der Waals surface area contributed by atoms with E-state index < -0.39 is 0 Å². The minimum atomic E-state index is 0.995. The van der Waals surface area contributed by atoms with Gasteiger partial charge in [0.15, 0.2) is 0 Å². The topological polar surface area (TPSA) is 53.6 Å². The predicted molar refractivity (Wildman–Crippen MR) is 73.4 cm³/mol. The van der Waals surface area contributed by atoms with E-state index in [2.05, 4.69) is 34.3 Å². The zero-order valence-corrected chi connectivity index (χ0v) is 11.0. The van der Waals surface area contributed by atoms with Gasteiger partial charge in [0.25, 0.3) is 0 Å². The van der Waals surface area contributed by atoms with Crippen molar-refractivity contribution in [1.82, 2.24) is 20.5 Å². The highest BCUT2D eigenvalue weighted by atomic mass is 15.1. The summed E-state index contributed by atoms with van der Waals surface area (Å²) in [6.07, 6.45) is 5.75. The quantitative estimate of drug-likeness (QED) is 0.767. The Balaban J connectivity index is 2.12. The Morgan fingerprint density at radius 1 is 1.28 bits per heavy atom. The van der Waals surface area contributed by atoms with Crippen molar-refractivity contribution in [3.8, 4) is 11.1 Å². The molecule has 0 spiro atoms. The Hall–Kier alpha value is -1.68. The van der Waals surface area contributed by atoms with Gasteiger partial charge in [-0.2, -0.15) is 5.10 Å². The van der Waals surface area contributed by atoms with E-state index in [4.69, 9.17) is 0 Å². The molecule has 18 heavy (non-hydrogen) atoms. The van der Waals surface area contributed by atoms with Crippen molar-refractivity contribution in [2.45, 2.75) is 26.7 Å². The third-order valence-corrected chi connectivity index (χ3v) is 3.01. The first kappa shape index (κ1) is 12.8. The Morgan fingerprint density at radius 2 is 2.06 bits per heavy atom. The molecule has 0 unspecified atom stereocenters. The summed E-state index contributed by atoms with van der Waals surface area (Å²) in [6, 6.07) is 4.07. The van der Waals surface area contributed by atoms with Crippen LogP contribution < -0.4 is 5.32 Å². The van der Waals surface area contributed by atoms with Gasteiger partial charge in [0.05, 0.1) is 5.69 Å². The molecule has 0 saturated heterocycles. The van der Waals surface area contributed by atoms with Gasteiger partial charge in [-0.05, 0) is 50.6 Å². The molecule has 4 nitrogen and oxygen atoms in total. The fourth-order valence-electron chi connectivity index (χ4n) is 2.12. The Labute approximate surface area is 108 Å². The molecule has 96 valence electrons. The van der Waals surface area contributed by atoms with Crippen LogP contribution in [0.25, 0.3) is 11.1 Å². The summed E-state index contributed by atoms with van der Waals surface area (Å²) in [5, 5.41) is 10.8. The zero-order chi connectivity index (χ0) is 12.8. The highest BCUT2D eigenvalue weighted by Crippen LogP contribution is 2.25. The largest absolute Gasteiger partial charge is 0.317 e. The highest BCUT2D eigenvalue weighted by Gasteiger charge is 2.11. The van der Waals surface area contributed by atoms with Crippen molar-refractivity contribution in [3.05, 3.63) is 35.9 Å². The molecule has 0 bridgehead atoms. The number of pyridine rings is 1. The zero-order valence-electron chi connectivity index (χ0n) is 11.0. The molecule has 2 N–H and O–H groups in total. The van der Waals surface area contributed by atoms with Gasteiger partial charge in [0, 0.05) is 23.7 Å². The van der Waals surface area contributed by atoms with Crippen LogP contribution in [0, 0.1) is 6.92 Å². The standard InChI is InChI=1S/C14H20N4/c1-3-15-8-4-5-13-14(11(2)17-18-13)12-6-9-16-10-7-12/h6-7,9-10,15H,3-5,8H2,1-2H3,(H,17,18). The number of rotatable bonds is 6. The molecule has 0 radical (unpaired) electrons. The van der Waals surface area contributed by atoms with E-state index in [1.807, 2.05) is 24.5 Å². The first-order valence-electron chi connectivity index (χ1n) is 6.48. The lowest BCUT2D eigenvalue weighted by atomic mass is 10.0. The molecule has 0 aliphatic rings. The lowest BCUT2D eigenvalue weighted by Gasteiger charge is -2.04. The van der Waals surface area contributed by atoms with Gasteiger partial charge < -0.3 is 5.32 Å². The number of H-pyrrole nitrogens is 1. The number of aromatic amines is 1. The molecule has 0 saturated carbocycles. The first-order valence-corrected chi connectivity index (χ1v) is 6.48. The van der Waals surface area contributed by atoms with Crippen molar-refractivity contribution in [2.24, 2.45) is 0 Å². The average Bonchev–Trinajstić information content (AvgIpc) is 2.77. The smallest absolute Gasteiger partial charge is 0.0703 e. The second-order valence-corrected chi connectivity index (χ2v) is 4.36. The van der Waals surface area contributed by atoms with Crippen LogP contribution in [0.15, 0.2) is 24.5 Å². The van der Waals surface area contributed by atoms with Crippen LogP contribution in [-0.2, 0) is 6.42 Å². The molecule has 0 atom stereocenters. The molecular weight excluding hydrogens is 224 g/mol. The monoisotopic (exact) mass is 244 g/mol. The van der Waals surface area contributed by atoms with Gasteiger partial charge in [-0.15, -0.1) is 0 Å². The summed E-state index contributed by atoms with van der Waals surface area (Å²) in [4.78, 5) is 4.06. The number of aryl methyl sites for hydroxylation is 2. The van der Waals surface area contributed by atoms with Crippen LogP contribution in [-0.4, -0.2) is 28.3 Å². The molecule has 2 aromatic rings. The minimum Gasteiger partial charge on any atom is -0.317 e. The van der Waals surface area contributed by atoms with E-state index in [0.29, 0.717) is 0 Å². The number of nitrogens with one attached hydrogen (secondary N) is 2. The van der Waals surface area contributed by atoms with E-state index in [1.54, 1.807) is 0 Å². The predicted octanol–water partition coefficient (Wildman–Crippen LogP) is 2.32.